The van der Waals surface area contributed by atoms with Gasteiger partial charge in [-0.1, -0.05) is 30.0 Å². The monoisotopic (exact) mass is 379 g/mol. The highest BCUT2D eigenvalue weighted by molar-refractivity contribution is 8.01. The van der Waals surface area contributed by atoms with Gasteiger partial charge >= 0.3 is 0 Å². The van der Waals surface area contributed by atoms with Gasteiger partial charge in [-0.3, -0.25) is 14.6 Å². The molecule has 1 aliphatic carbocycles. The maximum atomic E-state index is 12.8. The number of anilines is 1. The third kappa shape index (κ3) is 3.48. The van der Waals surface area contributed by atoms with Crippen LogP contribution in [0.4, 0.5) is 5.69 Å². The van der Waals surface area contributed by atoms with Crippen molar-refractivity contribution in [2.24, 2.45) is 0 Å². The van der Waals surface area contributed by atoms with Crippen LogP contribution in [0, 0.1) is 0 Å². The number of pyridine rings is 1. The minimum atomic E-state index is -0.623. The minimum absolute atomic E-state index is 0.0836. The van der Waals surface area contributed by atoms with Gasteiger partial charge in [-0.05, 0) is 37.1 Å². The lowest BCUT2D eigenvalue weighted by Crippen LogP contribution is -2.27. The molecule has 2 aromatic heterocycles. The fourth-order valence-electron chi connectivity index (χ4n) is 2.73. The van der Waals surface area contributed by atoms with Crippen LogP contribution in [0.2, 0.25) is 0 Å². The van der Waals surface area contributed by atoms with Crippen LogP contribution in [0.3, 0.4) is 0 Å². The number of para-hydroxylation sites is 1. The molecule has 1 aromatic carbocycles. The lowest BCUT2D eigenvalue weighted by molar-refractivity contribution is -0.116. The van der Waals surface area contributed by atoms with E-state index < -0.39 is 4.75 Å². The smallest absolute Gasteiger partial charge is 0.241 e. The van der Waals surface area contributed by atoms with E-state index in [-0.39, 0.29) is 11.8 Å². The van der Waals surface area contributed by atoms with Gasteiger partial charge in [0.25, 0.3) is 0 Å². The van der Waals surface area contributed by atoms with Crippen molar-refractivity contribution in [1.82, 2.24) is 19.7 Å². The van der Waals surface area contributed by atoms with Crippen LogP contribution in [0.15, 0.2) is 60.0 Å². The van der Waals surface area contributed by atoms with Crippen LogP contribution in [0.25, 0.3) is 11.4 Å². The van der Waals surface area contributed by atoms with Gasteiger partial charge in [-0.15, -0.1) is 10.2 Å². The predicted octanol–water partition coefficient (Wildman–Crippen LogP) is 3.26. The van der Waals surface area contributed by atoms with E-state index in [2.05, 4.69) is 20.5 Å². The van der Waals surface area contributed by atoms with Crippen LogP contribution in [-0.2, 0) is 4.79 Å². The first kappa shape index (κ1) is 17.4. The van der Waals surface area contributed by atoms with Gasteiger partial charge in [0.05, 0.1) is 0 Å². The number of amides is 1. The molecule has 136 valence electrons. The van der Waals surface area contributed by atoms with Crippen molar-refractivity contribution in [3.05, 3.63) is 54.9 Å². The maximum Gasteiger partial charge on any atom is 0.241 e. The minimum Gasteiger partial charge on any atom is -0.325 e. The van der Waals surface area contributed by atoms with E-state index >= 15 is 0 Å². The third-order valence-electron chi connectivity index (χ3n) is 4.30. The number of rotatable bonds is 5. The normalized spacial score (nSPS) is 14.6. The Balaban J connectivity index is 1.60. The Hall–Kier alpha value is -3.00. The molecule has 1 N–H and O–H groups in total. The van der Waals surface area contributed by atoms with Gasteiger partial charge in [0.2, 0.25) is 11.8 Å². The molecular formula is C19H17N5O2S. The van der Waals surface area contributed by atoms with Gasteiger partial charge in [0, 0.05) is 30.6 Å². The largest absolute Gasteiger partial charge is 0.325 e. The van der Waals surface area contributed by atoms with Crippen LogP contribution in [0.5, 0.6) is 0 Å². The summed E-state index contributed by atoms with van der Waals surface area (Å²) >= 11 is 1.29. The fourth-order valence-corrected chi connectivity index (χ4v) is 3.92. The molecule has 1 aliphatic rings. The van der Waals surface area contributed by atoms with Crippen molar-refractivity contribution in [2.45, 2.75) is 29.7 Å². The third-order valence-corrected chi connectivity index (χ3v) is 5.74. The van der Waals surface area contributed by atoms with Crippen LogP contribution in [0.1, 0.15) is 24.6 Å². The van der Waals surface area contributed by atoms with Crippen molar-refractivity contribution < 1.29 is 9.59 Å². The van der Waals surface area contributed by atoms with Crippen molar-refractivity contribution in [3.63, 3.8) is 0 Å². The molecule has 0 aliphatic heterocycles. The number of aromatic nitrogens is 4. The zero-order chi connectivity index (χ0) is 18.9. The molecule has 27 heavy (non-hydrogen) atoms. The summed E-state index contributed by atoms with van der Waals surface area (Å²) in [4.78, 5) is 29.1. The molecule has 0 bridgehead atoms. The second kappa shape index (κ2) is 6.96. The average Bonchev–Trinajstić information content (AvgIpc) is 3.34. The first-order valence-corrected chi connectivity index (χ1v) is 9.33. The quantitative estimate of drug-likeness (QED) is 0.732. The Labute approximate surface area is 160 Å². The molecule has 4 rings (SSSR count). The summed E-state index contributed by atoms with van der Waals surface area (Å²) < 4.78 is 0.819. The van der Waals surface area contributed by atoms with E-state index in [1.165, 1.54) is 23.3 Å². The van der Waals surface area contributed by atoms with Crippen LogP contribution < -0.4 is 5.32 Å². The van der Waals surface area contributed by atoms with E-state index in [1.807, 2.05) is 36.4 Å². The Morgan fingerprint density at radius 2 is 1.89 bits per heavy atom. The zero-order valence-corrected chi connectivity index (χ0v) is 15.4. The van der Waals surface area contributed by atoms with Gasteiger partial charge in [0.15, 0.2) is 11.0 Å². The molecule has 3 aromatic rings. The molecule has 8 heteroatoms. The lowest BCUT2D eigenvalue weighted by Gasteiger charge is -2.15. The number of carbonyl (C=O) groups excluding carboxylic acids is 2. The second-order valence-corrected chi connectivity index (χ2v) is 7.67. The summed E-state index contributed by atoms with van der Waals surface area (Å²) in [5, 5.41) is 11.7. The molecule has 1 fully saturated rings. The summed E-state index contributed by atoms with van der Waals surface area (Å²) in [5.74, 6) is 0.137. The standard InChI is InChI=1S/C19H17N5O2S/c1-13(25)24-16(14-6-5-11-20-12-14)22-23-18(24)27-19(9-10-19)17(26)21-15-7-3-2-4-8-15/h2-8,11-12H,9-10H2,1H3,(H,21,26). The molecule has 2 heterocycles. The summed E-state index contributed by atoms with van der Waals surface area (Å²) in [6.07, 6.45) is 4.74. The number of thioether (sulfide) groups is 1. The first-order valence-electron chi connectivity index (χ1n) is 8.51. The molecule has 7 nitrogen and oxygen atoms in total. The number of benzene rings is 1. The van der Waals surface area contributed by atoms with E-state index in [0.717, 1.165) is 18.5 Å². The van der Waals surface area contributed by atoms with Crippen molar-refractivity contribution >= 4 is 29.3 Å². The van der Waals surface area contributed by atoms with E-state index in [0.29, 0.717) is 16.5 Å². The summed E-state index contributed by atoms with van der Waals surface area (Å²) in [7, 11) is 0. The maximum absolute atomic E-state index is 12.8. The predicted molar refractivity (Wildman–Crippen MR) is 102 cm³/mol. The number of hydrogen-bond acceptors (Lipinski definition) is 6. The van der Waals surface area contributed by atoms with Gasteiger partial charge in [-0.2, -0.15) is 0 Å². The molecule has 0 unspecified atom stereocenters. The number of nitrogens with one attached hydrogen (secondary N) is 1. The number of hydrogen-bond donors (Lipinski definition) is 1. The Morgan fingerprint density at radius 1 is 1.11 bits per heavy atom. The van der Waals surface area contributed by atoms with Crippen LogP contribution >= 0.6 is 11.8 Å². The van der Waals surface area contributed by atoms with Gasteiger partial charge in [0.1, 0.15) is 4.75 Å². The van der Waals surface area contributed by atoms with E-state index in [9.17, 15) is 9.59 Å². The molecular weight excluding hydrogens is 362 g/mol. The molecule has 0 radical (unpaired) electrons. The molecule has 0 atom stereocenters. The Bertz CT molecular complexity index is 984. The number of nitrogens with zero attached hydrogens (tertiary/aromatic N) is 4. The van der Waals surface area contributed by atoms with Crippen molar-refractivity contribution in [3.8, 4) is 11.4 Å². The summed E-state index contributed by atoms with van der Waals surface area (Å²) in [6.45, 7) is 1.46. The van der Waals surface area contributed by atoms with E-state index in [4.69, 9.17) is 0 Å². The molecule has 0 spiro atoms. The highest BCUT2D eigenvalue weighted by Gasteiger charge is 2.52. The van der Waals surface area contributed by atoms with Crippen molar-refractivity contribution in [1.29, 1.82) is 0 Å². The van der Waals surface area contributed by atoms with Crippen LogP contribution in [-0.4, -0.2) is 36.3 Å². The highest BCUT2D eigenvalue weighted by Crippen LogP contribution is 2.52. The SMILES string of the molecule is CC(=O)n1c(SC2(C(=O)Nc3ccccc3)CC2)nnc1-c1cccnc1. The van der Waals surface area contributed by atoms with Gasteiger partial charge < -0.3 is 5.32 Å². The van der Waals surface area contributed by atoms with Crippen molar-refractivity contribution in [2.75, 3.05) is 5.32 Å². The molecule has 1 amide bonds. The summed E-state index contributed by atoms with van der Waals surface area (Å²) in [6, 6.07) is 12.9. The molecule has 1 saturated carbocycles. The highest BCUT2D eigenvalue weighted by atomic mass is 32.2. The zero-order valence-electron chi connectivity index (χ0n) is 14.6. The Kier molecular flexibility index (Phi) is 4.49. The molecule has 0 saturated heterocycles. The summed E-state index contributed by atoms with van der Waals surface area (Å²) in [5.41, 5.74) is 1.45. The first-order chi connectivity index (χ1) is 13.1. The number of carbonyl (C=O) groups is 2. The van der Waals surface area contributed by atoms with E-state index in [1.54, 1.807) is 18.5 Å². The van der Waals surface area contributed by atoms with Gasteiger partial charge in [-0.25, -0.2) is 4.57 Å². The fraction of sp³-hybridized carbons (Fsp3) is 0.211. The Morgan fingerprint density at radius 3 is 2.52 bits per heavy atom. The second-order valence-electron chi connectivity index (χ2n) is 6.32. The lowest BCUT2D eigenvalue weighted by atomic mass is 10.3. The average molecular weight is 379 g/mol. The topological polar surface area (TPSA) is 89.8 Å².